The number of hydrogen-bond donors (Lipinski definition) is 0. The molecule has 0 nitrogen and oxygen atoms in total. The summed E-state index contributed by atoms with van der Waals surface area (Å²) in [5.74, 6) is 7.47. The third-order valence-electron chi connectivity index (χ3n) is 9.44. The van der Waals surface area contributed by atoms with E-state index in [9.17, 15) is 0 Å². The third kappa shape index (κ3) is 11.9. The van der Waals surface area contributed by atoms with E-state index < -0.39 is 0 Å². The molecule has 0 spiro atoms. The minimum absolute atomic E-state index is 0.319. The highest BCUT2D eigenvalue weighted by atomic mass is 14.3. The monoisotopic (exact) mass is 542 g/mol. The average Bonchev–Trinajstić information content (AvgIpc) is 2.85. The lowest BCUT2D eigenvalue weighted by atomic mass is 9.71. The Kier molecular flexibility index (Phi) is 14.1. The fourth-order valence-corrected chi connectivity index (χ4v) is 6.68. The predicted molar refractivity (Wildman–Crippen MR) is 180 cm³/mol. The zero-order valence-electron chi connectivity index (χ0n) is 28.2. The lowest BCUT2D eigenvalue weighted by Gasteiger charge is -2.35. The lowest BCUT2D eigenvalue weighted by Crippen LogP contribution is -2.20. The van der Waals surface area contributed by atoms with Crippen molar-refractivity contribution in [2.45, 2.75) is 153 Å². The summed E-state index contributed by atoms with van der Waals surface area (Å²) >= 11 is 0. The van der Waals surface area contributed by atoms with Gasteiger partial charge in [-0.15, -0.1) is 0 Å². The first-order valence-corrected chi connectivity index (χ1v) is 16.4. The van der Waals surface area contributed by atoms with Gasteiger partial charge < -0.3 is 0 Å². The lowest BCUT2D eigenvalue weighted by molar-refractivity contribution is 0.349. The molecule has 0 bridgehead atoms. The van der Waals surface area contributed by atoms with Gasteiger partial charge in [-0.25, -0.2) is 0 Å². The van der Waals surface area contributed by atoms with Crippen LogP contribution in [-0.4, -0.2) is 0 Å². The highest BCUT2D eigenvalue weighted by molar-refractivity contribution is 5.36. The molecule has 1 atom stereocenters. The summed E-state index contributed by atoms with van der Waals surface area (Å²) in [7, 11) is 0. The highest BCUT2D eigenvalue weighted by Gasteiger charge is 2.28. The van der Waals surface area contributed by atoms with Gasteiger partial charge in [-0.2, -0.15) is 0 Å². The normalized spacial score (nSPS) is 21.1. The van der Waals surface area contributed by atoms with Gasteiger partial charge in [-0.3, -0.25) is 0 Å². The number of allylic oxidation sites excluding steroid dienone is 12. The summed E-state index contributed by atoms with van der Waals surface area (Å²) in [4.78, 5) is 0. The Labute approximate surface area is 250 Å². The third-order valence-corrected chi connectivity index (χ3v) is 9.44. The van der Waals surface area contributed by atoms with E-state index in [1.807, 2.05) is 0 Å². The smallest absolute Gasteiger partial charge is 0.0296 e. The van der Waals surface area contributed by atoms with E-state index in [0.717, 1.165) is 32.1 Å². The Bertz CT molecular complexity index is 1080. The molecule has 2 rings (SSSR count). The zero-order chi connectivity index (χ0) is 29.8. The van der Waals surface area contributed by atoms with E-state index in [1.54, 1.807) is 22.3 Å². The summed E-state index contributed by atoms with van der Waals surface area (Å²) in [5.41, 5.74) is 11.5. The highest BCUT2D eigenvalue weighted by Crippen LogP contribution is 2.43. The molecule has 222 valence electrons. The molecule has 2 aliphatic carbocycles. The maximum absolute atomic E-state index is 3.53. The molecule has 0 aromatic rings. The number of unbranched alkanes of at least 4 members (excludes halogenated alkanes) is 1. The van der Waals surface area contributed by atoms with Crippen molar-refractivity contribution < 1.29 is 0 Å². The molecule has 0 heterocycles. The molecule has 0 N–H and O–H groups in total. The van der Waals surface area contributed by atoms with Crippen molar-refractivity contribution in [3.05, 3.63) is 69.4 Å². The van der Waals surface area contributed by atoms with Gasteiger partial charge in [0.1, 0.15) is 0 Å². The maximum Gasteiger partial charge on any atom is 0.0296 e. The first-order valence-electron chi connectivity index (χ1n) is 16.4. The van der Waals surface area contributed by atoms with Crippen LogP contribution in [0.25, 0.3) is 0 Å². The molecule has 0 amide bonds. The van der Waals surface area contributed by atoms with Crippen LogP contribution < -0.4 is 0 Å². The Hall–Kier alpha value is -2.00. The van der Waals surface area contributed by atoms with Crippen molar-refractivity contribution in [3.8, 4) is 11.8 Å². The van der Waals surface area contributed by atoms with Crippen molar-refractivity contribution in [1.82, 2.24) is 0 Å². The quantitative estimate of drug-likeness (QED) is 0.0995. The van der Waals surface area contributed by atoms with Crippen molar-refractivity contribution in [2.24, 2.45) is 16.7 Å². The van der Waals surface area contributed by atoms with Gasteiger partial charge in [0.2, 0.25) is 0 Å². The van der Waals surface area contributed by atoms with Crippen LogP contribution in [0.5, 0.6) is 0 Å². The van der Waals surface area contributed by atoms with Crippen LogP contribution in [0.2, 0.25) is 0 Å². The summed E-state index contributed by atoms with van der Waals surface area (Å²) in [6.45, 7) is 23.4. The van der Waals surface area contributed by atoms with Crippen LogP contribution in [0, 0.1) is 28.6 Å². The standard InChI is InChI=1S/C40H62/c1-31(19-13-21-33(3)25-27-37-35(5)23-15-29-39(37,7)8)17-11-12-18-32(2)20-14-22-34(4)26-28-38-36(6)24-16-30-40(38,9)10/h17-18,21,25,27,34H,11-13,15-16,19-20,23-24,26,28-30H2,1-10H3/b27-25+,31-17+,32-18+,33-21+. The second-order valence-corrected chi connectivity index (χ2v) is 14.4. The van der Waals surface area contributed by atoms with Gasteiger partial charge in [-0.1, -0.05) is 110 Å². The Morgan fingerprint density at radius 2 is 1.45 bits per heavy atom. The molecule has 2 aliphatic rings. The molecule has 0 aliphatic heterocycles. The summed E-state index contributed by atoms with van der Waals surface area (Å²) in [5, 5.41) is 0. The molecule has 0 saturated carbocycles. The minimum atomic E-state index is 0.319. The molecular weight excluding hydrogens is 480 g/mol. The van der Waals surface area contributed by atoms with Gasteiger partial charge in [0.05, 0.1) is 0 Å². The summed E-state index contributed by atoms with van der Waals surface area (Å²) in [6.07, 6.45) is 27.6. The van der Waals surface area contributed by atoms with Crippen LogP contribution in [0.4, 0.5) is 0 Å². The van der Waals surface area contributed by atoms with Gasteiger partial charge >= 0.3 is 0 Å². The largest absolute Gasteiger partial charge is 0.0999 e. The van der Waals surface area contributed by atoms with Crippen LogP contribution in [0.3, 0.4) is 0 Å². The summed E-state index contributed by atoms with van der Waals surface area (Å²) < 4.78 is 0. The molecule has 0 saturated heterocycles. The molecule has 0 aromatic heterocycles. The van der Waals surface area contributed by atoms with E-state index in [4.69, 9.17) is 0 Å². The number of rotatable bonds is 12. The van der Waals surface area contributed by atoms with E-state index in [0.29, 0.717) is 16.7 Å². The predicted octanol–water partition coefficient (Wildman–Crippen LogP) is 12.8. The van der Waals surface area contributed by atoms with Crippen molar-refractivity contribution in [1.29, 1.82) is 0 Å². The molecule has 0 radical (unpaired) electrons. The van der Waals surface area contributed by atoms with E-state index in [2.05, 4.69) is 111 Å². The first-order chi connectivity index (χ1) is 18.8. The maximum atomic E-state index is 3.53. The summed E-state index contributed by atoms with van der Waals surface area (Å²) in [6, 6.07) is 0. The second-order valence-electron chi connectivity index (χ2n) is 14.4. The average molecular weight is 543 g/mol. The van der Waals surface area contributed by atoms with Crippen LogP contribution in [0.15, 0.2) is 69.4 Å². The van der Waals surface area contributed by atoms with E-state index in [-0.39, 0.29) is 0 Å². The molecule has 0 aromatic carbocycles. The fourth-order valence-electron chi connectivity index (χ4n) is 6.68. The van der Waals surface area contributed by atoms with Crippen molar-refractivity contribution >= 4 is 0 Å². The van der Waals surface area contributed by atoms with Gasteiger partial charge in [0.15, 0.2) is 0 Å². The van der Waals surface area contributed by atoms with Gasteiger partial charge in [0, 0.05) is 12.3 Å². The van der Waals surface area contributed by atoms with E-state index >= 15 is 0 Å². The SMILES string of the molecule is CC1=C(/C=C/C(C)=C/CC/C(C)=C/CC/C=C(\C)CC#CC(C)CCC2=C(C)CCCC2(C)C)C(C)(C)CCC1. The molecule has 0 heteroatoms. The second kappa shape index (κ2) is 16.4. The molecule has 40 heavy (non-hydrogen) atoms. The van der Waals surface area contributed by atoms with Gasteiger partial charge in [0.25, 0.3) is 0 Å². The molecule has 0 fully saturated rings. The fraction of sp³-hybridized carbons (Fsp3) is 0.650. The van der Waals surface area contributed by atoms with Crippen molar-refractivity contribution in [2.75, 3.05) is 0 Å². The molecular formula is C40H62. The van der Waals surface area contributed by atoms with Gasteiger partial charge in [-0.05, 0) is 128 Å². The van der Waals surface area contributed by atoms with Crippen LogP contribution >= 0.6 is 0 Å². The Balaban J connectivity index is 1.70. The van der Waals surface area contributed by atoms with Crippen molar-refractivity contribution in [3.63, 3.8) is 0 Å². The first kappa shape index (κ1) is 34.2. The topological polar surface area (TPSA) is 0 Å². The van der Waals surface area contributed by atoms with Crippen LogP contribution in [-0.2, 0) is 0 Å². The zero-order valence-corrected chi connectivity index (χ0v) is 28.2. The molecule has 1 unspecified atom stereocenters. The Morgan fingerprint density at radius 3 is 2.10 bits per heavy atom. The minimum Gasteiger partial charge on any atom is -0.0999 e. The Morgan fingerprint density at radius 1 is 0.825 bits per heavy atom. The number of hydrogen-bond acceptors (Lipinski definition) is 0. The van der Waals surface area contributed by atoms with Crippen LogP contribution in [0.1, 0.15) is 153 Å². The van der Waals surface area contributed by atoms with E-state index in [1.165, 1.54) is 68.1 Å².